The Kier molecular flexibility index (Phi) is 3.06. The van der Waals surface area contributed by atoms with Gasteiger partial charge in [-0.1, -0.05) is 20.8 Å². The van der Waals surface area contributed by atoms with Crippen LogP contribution in [-0.2, 0) is 4.74 Å². The molecule has 108 valence electrons. The molecule has 0 saturated heterocycles. The number of aliphatic imine (C=N–C) groups is 1. The fourth-order valence-corrected chi connectivity index (χ4v) is 4.76. The van der Waals surface area contributed by atoms with Crippen LogP contribution in [0.2, 0.25) is 0 Å². The van der Waals surface area contributed by atoms with Crippen molar-refractivity contribution in [3.05, 3.63) is 0 Å². The first-order chi connectivity index (χ1) is 8.84. The van der Waals surface area contributed by atoms with Crippen LogP contribution in [0.5, 0.6) is 0 Å². The first-order valence-electron chi connectivity index (χ1n) is 7.82. The van der Waals surface area contributed by atoms with Crippen molar-refractivity contribution in [3.8, 4) is 0 Å². The zero-order chi connectivity index (χ0) is 13.7. The van der Waals surface area contributed by atoms with Gasteiger partial charge in [0.2, 0.25) is 0 Å². The fourth-order valence-electron chi connectivity index (χ4n) is 4.76. The fraction of sp³-hybridized carbons (Fsp3) is 0.938. The molecule has 0 heterocycles. The molecule has 4 aliphatic rings. The van der Waals surface area contributed by atoms with Crippen LogP contribution in [-0.4, -0.2) is 18.2 Å². The van der Waals surface area contributed by atoms with Crippen LogP contribution < -0.4 is 5.73 Å². The lowest BCUT2D eigenvalue weighted by Crippen LogP contribution is -2.50. The largest absolute Gasteiger partial charge is 0.465 e. The number of hydrogen-bond acceptors (Lipinski definition) is 2. The average Bonchev–Trinajstić information content (AvgIpc) is 2.22. The van der Waals surface area contributed by atoms with E-state index in [1.807, 2.05) is 0 Å². The Hall–Kier alpha value is -0.730. The summed E-state index contributed by atoms with van der Waals surface area (Å²) in [6.45, 7) is 7.12. The Balaban J connectivity index is 1.68. The maximum atomic E-state index is 6.03. The van der Waals surface area contributed by atoms with Gasteiger partial charge in [0, 0.05) is 0 Å². The molecular weight excluding hydrogens is 236 g/mol. The lowest BCUT2D eigenvalue weighted by molar-refractivity contribution is 0.0000614. The molecule has 0 spiro atoms. The third kappa shape index (κ3) is 2.90. The van der Waals surface area contributed by atoms with Gasteiger partial charge in [0.25, 0.3) is 6.02 Å². The Bertz CT molecular complexity index is 345. The highest BCUT2D eigenvalue weighted by atomic mass is 16.5. The Morgan fingerprint density at radius 3 is 2.00 bits per heavy atom. The summed E-state index contributed by atoms with van der Waals surface area (Å²) in [5, 5.41) is 0. The predicted octanol–water partition coefficient (Wildman–Crippen LogP) is 3.33. The second kappa shape index (κ2) is 4.39. The van der Waals surface area contributed by atoms with E-state index in [1.165, 1.54) is 38.5 Å². The van der Waals surface area contributed by atoms with Crippen molar-refractivity contribution in [2.24, 2.45) is 33.9 Å². The van der Waals surface area contributed by atoms with Gasteiger partial charge < -0.3 is 10.5 Å². The number of nitrogens with two attached hydrogens (primary N) is 1. The van der Waals surface area contributed by atoms with Crippen molar-refractivity contribution in [1.82, 2.24) is 0 Å². The molecule has 4 fully saturated rings. The minimum Gasteiger partial charge on any atom is -0.465 e. The number of nitrogens with zero attached hydrogens (tertiary/aromatic N) is 1. The van der Waals surface area contributed by atoms with Gasteiger partial charge in [-0.25, -0.2) is 4.99 Å². The third-order valence-corrected chi connectivity index (χ3v) is 5.01. The van der Waals surface area contributed by atoms with Gasteiger partial charge in [0.1, 0.15) is 0 Å². The molecule has 0 aromatic carbocycles. The van der Waals surface area contributed by atoms with Crippen LogP contribution in [0.25, 0.3) is 0 Å². The smallest absolute Gasteiger partial charge is 0.282 e. The normalized spacial score (nSPS) is 41.6. The van der Waals surface area contributed by atoms with Crippen LogP contribution in [0.3, 0.4) is 0 Å². The summed E-state index contributed by atoms with van der Waals surface area (Å²) >= 11 is 0. The van der Waals surface area contributed by atoms with E-state index in [4.69, 9.17) is 15.5 Å². The summed E-state index contributed by atoms with van der Waals surface area (Å²) in [7, 11) is 0. The molecule has 0 aromatic heterocycles. The molecule has 4 bridgehead atoms. The van der Waals surface area contributed by atoms with Crippen molar-refractivity contribution in [1.29, 1.82) is 0 Å². The molecule has 4 aliphatic carbocycles. The second-order valence-corrected chi connectivity index (χ2v) is 8.44. The minimum absolute atomic E-state index is 0.136. The third-order valence-electron chi connectivity index (χ3n) is 5.01. The van der Waals surface area contributed by atoms with E-state index >= 15 is 0 Å². The summed E-state index contributed by atoms with van der Waals surface area (Å²) < 4.78 is 5.67. The van der Waals surface area contributed by atoms with Gasteiger partial charge in [-0.2, -0.15) is 0 Å². The first-order valence-corrected chi connectivity index (χ1v) is 7.82. The average molecular weight is 264 g/mol. The number of rotatable bonds is 2. The monoisotopic (exact) mass is 264 g/mol. The predicted molar refractivity (Wildman–Crippen MR) is 77.9 cm³/mol. The zero-order valence-corrected chi connectivity index (χ0v) is 12.6. The first kappa shape index (κ1) is 13.3. The van der Waals surface area contributed by atoms with E-state index in [-0.39, 0.29) is 11.0 Å². The highest BCUT2D eigenvalue weighted by Crippen LogP contribution is 2.57. The topological polar surface area (TPSA) is 47.6 Å². The Morgan fingerprint density at radius 2 is 1.58 bits per heavy atom. The standard InChI is InChI=1S/C16H28N2O/c1-15(2,3)10-19-14(17)18-16-7-11-4-12(8-16)6-13(5-11)9-16/h11-13H,4-10H2,1-3H3,(H2,17,18). The molecule has 3 nitrogen and oxygen atoms in total. The molecule has 0 aromatic rings. The summed E-state index contributed by atoms with van der Waals surface area (Å²) in [6, 6.07) is 0.428. The highest BCUT2D eigenvalue weighted by molar-refractivity contribution is 5.72. The van der Waals surface area contributed by atoms with Crippen LogP contribution in [0.4, 0.5) is 0 Å². The molecule has 4 saturated carbocycles. The summed E-state index contributed by atoms with van der Waals surface area (Å²) in [6.07, 6.45) is 8.07. The number of amidine groups is 1. The van der Waals surface area contributed by atoms with Crippen molar-refractivity contribution < 1.29 is 4.74 Å². The van der Waals surface area contributed by atoms with Gasteiger partial charge >= 0.3 is 0 Å². The maximum absolute atomic E-state index is 6.03. The molecule has 4 rings (SSSR count). The molecule has 19 heavy (non-hydrogen) atoms. The van der Waals surface area contributed by atoms with Gasteiger partial charge in [0.05, 0.1) is 12.1 Å². The molecule has 3 heteroatoms. The summed E-state index contributed by atoms with van der Waals surface area (Å²) in [5.41, 5.74) is 6.31. The number of ether oxygens (including phenoxy) is 1. The van der Waals surface area contributed by atoms with Crippen LogP contribution in [0.1, 0.15) is 59.3 Å². The van der Waals surface area contributed by atoms with E-state index in [1.54, 1.807) is 0 Å². The van der Waals surface area contributed by atoms with Gasteiger partial charge in [0.15, 0.2) is 0 Å². The number of hydrogen-bond donors (Lipinski definition) is 1. The van der Waals surface area contributed by atoms with Gasteiger partial charge in [-0.05, 0) is 61.7 Å². The van der Waals surface area contributed by atoms with E-state index in [2.05, 4.69) is 20.8 Å². The lowest BCUT2D eigenvalue weighted by Gasteiger charge is -2.54. The molecule has 0 unspecified atom stereocenters. The van der Waals surface area contributed by atoms with Crippen molar-refractivity contribution in [2.45, 2.75) is 64.8 Å². The zero-order valence-electron chi connectivity index (χ0n) is 12.6. The summed E-state index contributed by atoms with van der Waals surface area (Å²) in [4.78, 5) is 4.84. The lowest BCUT2D eigenvalue weighted by atomic mass is 9.53. The molecule has 2 N–H and O–H groups in total. The van der Waals surface area contributed by atoms with E-state index in [9.17, 15) is 0 Å². The second-order valence-electron chi connectivity index (χ2n) is 8.44. The van der Waals surface area contributed by atoms with Crippen molar-refractivity contribution >= 4 is 6.02 Å². The van der Waals surface area contributed by atoms with E-state index in [0.717, 1.165) is 17.8 Å². The maximum Gasteiger partial charge on any atom is 0.282 e. The Labute approximate surface area is 117 Å². The van der Waals surface area contributed by atoms with E-state index < -0.39 is 0 Å². The quantitative estimate of drug-likeness (QED) is 0.614. The highest BCUT2D eigenvalue weighted by Gasteiger charge is 2.51. The SMILES string of the molecule is CC(C)(C)COC(N)=NC12CC3CC(CC(C3)C1)C2. The molecule has 0 atom stereocenters. The molecule has 0 amide bonds. The molecule has 0 aliphatic heterocycles. The van der Waals surface area contributed by atoms with Crippen LogP contribution in [0, 0.1) is 23.2 Å². The van der Waals surface area contributed by atoms with Crippen molar-refractivity contribution in [2.75, 3.05) is 6.61 Å². The minimum atomic E-state index is 0.136. The molecular formula is C16H28N2O. The van der Waals surface area contributed by atoms with E-state index in [0.29, 0.717) is 12.6 Å². The summed E-state index contributed by atoms with van der Waals surface area (Å²) in [5.74, 6) is 2.72. The van der Waals surface area contributed by atoms with Crippen LogP contribution in [0.15, 0.2) is 4.99 Å². The molecule has 0 radical (unpaired) electrons. The van der Waals surface area contributed by atoms with Crippen molar-refractivity contribution in [3.63, 3.8) is 0 Å². The van der Waals surface area contributed by atoms with Gasteiger partial charge in [-0.3, -0.25) is 0 Å². The van der Waals surface area contributed by atoms with Gasteiger partial charge in [-0.15, -0.1) is 0 Å². The van der Waals surface area contributed by atoms with Crippen LogP contribution >= 0.6 is 0 Å². The Morgan fingerprint density at radius 1 is 1.11 bits per heavy atom.